The van der Waals surface area contributed by atoms with Crippen molar-refractivity contribution in [3.05, 3.63) is 76.1 Å². The van der Waals surface area contributed by atoms with Gasteiger partial charge in [-0.25, -0.2) is 20.7 Å². The molecule has 3 unspecified atom stereocenters. The van der Waals surface area contributed by atoms with Crippen LogP contribution in [0.4, 0.5) is 10.5 Å². The van der Waals surface area contributed by atoms with Crippen LogP contribution in [0.2, 0.25) is 5.02 Å². The Morgan fingerprint density at radius 3 is 2.64 bits per heavy atom. The maximum atomic E-state index is 13.0. The number of halogens is 1. The van der Waals surface area contributed by atoms with Crippen LogP contribution in [-0.2, 0) is 4.79 Å². The van der Waals surface area contributed by atoms with Gasteiger partial charge >= 0.3 is 6.03 Å². The minimum Gasteiger partial charge on any atom is -0.324 e. The van der Waals surface area contributed by atoms with Gasteiger partial charge in [-0.1, -0.05) is 35.9 Å². The SMILES string of the molecule is Cc1ccc(C2CC3C4NN(CC(=O)Nc5cc(Cl)ccc5C)C(=O)N4C=CN3N2)cc1C. The van der Waals surface area contributed by atoms with E-state index < -0.39 is 0 Å². The quantitative estimate of drug-likeness (QED) is 0.642. The molecule has 3 amide bonds. The van der Waals surface area contributed by atoms with Crippen LogP contribution in [0.25, 0.3) is 0 Å². The number of benzene rings is 2. The van der Waals surface area contributed by atoms with Gasteiger partial charge in [-0.2, -0.15) is 0 Å². The van der Waals surface area contributed by atoms with E-state index in [1.165, 1.54) is 21.7 Å². The van der Waals surface area contributed by atoms with E-state index in [2.05, 4.69) is 53.2 Å². The van der Waals surface area contributed by atoms with Crippen LogP contribution >= 0.6 is 11.6 Å². The molecule has 0 aliphatic carbocycles. The molecule has 3 aliphatic rings. The number of nitrogens with one attached hydrogen (secondary N) is 3. The van der Waals surface area contributed by atoms with E-state index in [0.29, 0.717) is 10.7 Å². The molecule has 9 heteroatoms. The number of urea groups is 1. The summed E-state index contributed by atoms with van der Waals surface area (Å²) in [4.78, 5) is 27.3. The smallest absolute Gasteiger partial charge is 0.324 e. The predicted octanol–water partition coefficient (Wildman–Crippen LogP) is 3.58. The highest BCUT2D eigenvalue weighted by atomic mass is 35.5. The summed E-state index contributed by atoms with van der Waals surface area (Å²) in [6.07, 6.45) is 4.22. The van der Waals surface area contributed by atoms with Crippen LogP contribution in [0.15, 0.2) is 48.8 Å². The van der Waals surface area contributed by atoms with Crippen LogP contribution in [0.3, 0.4) is 0 Å². The van der Waals surface area contributed by atoms with Crippen LogP contribution < -0.4 is 16.2 Å². The summed E-state index contributed by atoms with van der Waals surface area (Å²) in [5, 5.41) is 6.82. The topological polar surface area (TPSA) is 80.0 Å². The number of hydrogen-bond donors (Lipinski definition) is 3. The Labute approximate surface area is 198 Å². The molecule has 8 nitrogen and oxygen atoms in total. The van der Waals surface area contributed by atoms with Gasteiger partial charge in [0.15, 0.2) is 0 Å². The van der Waals surface area contributed by atoms with Crippen molar-refractivity contribution < 1.29 is 9.59 Å². The minimum absolute atomic E-state index is 0.0359. The van der Waals surface area contributed by atoms with E-state index in [0.717, 1.165) is 12.0 Å². The Morgan fingerprint density at radius 2 is 1.85 bits per heavy atom. The molecule has 0 aromatic heterocycles. The number of rotatable bonds is 4. The average Bonchev–Trinajstić information content (AvgIpc) is 3.34. The number of hydrogen-bond acceptors (Lipinski definition) is 5. The molecular weight excluding hydrogens is 440 g/mol. The molecule has 5 rings (SSSR count). The molecule has 0 bridgehead atoms. The van der Waals surface area contributed by atoms with Gasteiger partial charge in [-0.15, -0.1) is 0 Å². The Bertz CT molecular complexity index is 1150. The number of anilines is 1. The Morgan fingerprint density at radius 1 is 1.06 bits per heavy atom. The molecule has 172 valence electrons. The van der Waals surface area contributed by atoms with Gasteiger partial charge in [0, 0.05) is 23.1 Å². The van der Waals surface area contributed by atoms with Crippen molar-refractivity contribution in [3.63, 3.8) is 0 Å². The number of carbonyl (C=O) groups is 2. The second-order valence-corrected chi connectivity index (χ2v) is 9.33. The van der Waals surface area contributed by atoms with E-state index in [1.807, 2.05) is 19.2 Å². The normalized spacial score (nSPS) is 23.7. The zero-order valence-electron chi connectivity index (χ0n) is 18.8. The number of amides is 3. The van der Waals surface area contributed by atoms with Crippen molar-refractivity contribution in [2.24, 2.45) is 0 Å². The monoisotopic (exact) mass is 466 g/mol. The number of carbonyl (C=O) groups excluding carboxylic acids is 2. The highest BCUT2D eigenvalue weighted by Crippen LogP contribution is 2.35. The molecule has 2 fully saturated rings. The molecule has 2 aromatic rings. The molecule has 2 aromatic carbocycles. The average molecular weight is 467 g/mol. The lowest BCUT2D eigenvalue weighted by molar-refractivity contribution is -0.117. The highest BCUT2D eigenvalue weighted by Gasteiger charge is 2.48. The van der Waals surface area contributed by atoms with Gasteiger partial charge < -0.3 is 10.3 Å². The van der Waals surface area contributed by atoms with Crippen molar-refractivity contribution >= 4 is 29.2 Å². The highest BCUT2D eigenvalue weighted by molar-refractivity contribution is 6.31. The standard InChI is InChI=1S/C24H27ClN6O2/c1-14-4-6-17(10-16(14)3)20-12-21-23-28-31(24(33)29(23)8-9-30(21)27-20)13-22(32)26-19-11-18(25)7-5-15(19)2/h4-11,20-21,23,27-28H,12-13H2,1-3H3,(H,26,32). The third-order valence-corrected chi connectivity index (χ3v) is 6.88. The van der Waals surface area contributed by atoms with Crippen molar-refractivity contribution in [3.8, 4) is 0 Å². The van der Waals surface area contributed by atoms with E-state index in [-0.39, 0.29) is 36.7 Å². The van der Waals surface area contributed by atoms with Gasteiger partial charge in [0.2, 0.25) is 5.91 Å². The van der Waals surface area contributed by atoms with Gasteiger partial charge in [0.1, 0.15) is 12.7 Å². The maximum absolute atomic E-state index is 13.0. The molecule has 0 radical (unpaired) electrons. The minimum atomic E-state index is -0.292. The summed E-state index contributed by atoms with van der Waals surface area (Å²) in [6.45, 7) is 6.02. The second kappa shape index (κ2) is 8.37. The summed E-state index contributed by atoms with van der Waals surface area (Å²) in [6, 6.07) is 11.8. The van der Waals surface area contributed by atoms with Gasteiger partial charge in [-0.05, 0) is 61.6 Å². The van der Waals surface area contributed by atoms with Crippen molar-refractivity contribution in [2.75, 3.05) is 11.9 Å². The fraction of sp³-hybridized carbons (Fsp3) is 0.333. The molecule has 0 saturated carbocycles. The van der Waals surface area contributed by atoms with Crippen LogP contribution in [0, 0.1) is 20.8 Å². The molecule has 3 atom stereocenters. The van der Waals surface area contributed by atoms with E-state index >= 15 is 0 Å². The molecule has 0 spiro atoms. The predicted molar refractivity (Wildman–Crippen MR) is 127 cm³/mol. The number of aryl methyl sites for hydroxylation is 3. The fourth-order valence-electron chi connectivity index (χ4n) is 4.59. The molecular formula is C24H27ClN6O2. The number of hydrazine groups is 2. The van der Waals surface area contributed by atoms with E-state index in [9.17, 15) is 9.59 Å². The van der Waals surface area contributed by atoms with Crippen LogP contribution in [-0.4, -0.2) is 45.6 Å². The zero-order chi connectivity index (χ0) is 23.3. The van der Waals surface area contributed by atoms with Gasteiger partial charge in [0.05, 0.1) is 12.1 Å². The van der Waals surface area contributed by atoms with E-state index in [1.54, 1.807) is 23.2 Å². The first-order valence-electron chi connectivity index (χ1n) is 11.0. The lowest BCUT2D eigenvalue weighted by atomic mass is 9.97. The molecule has 3 heterocycles. The van der Waals surface area contributed by atoms with Crippen molar-refractivity contribution in [2.45, 2.75) is 45.4 Å². The summed E-state index contributed by atoms with van der Waals surface area (Å²) in [5.74, 6) is -0.292. The van der Waals surface area contributed by atoms with Crippen LogP contribution in [0.5, 0.6) is 0 Å². The summed E-state index contributed by atoms with van der Waals surface area (Å²) >= 11 is 6.05. The largest absolute Gasteiger partial charge is 0.340 e. The lowest BCUT2D eigenvalue weighted by Gasteiger charge is -2.34. The second-order valence-electron chi connectivity index (χ2n) is 8.89. The first kappa shape index (κ1) is 21.8. The van der Waals surface area contributed by atoms with Gasteiger partial charge in [0.25, 0.3) is 0 Å². The lowest BCUT2D eigenvalue weighted by Crippen LogP contribution is -2.54. The van der Waals surface area contributed by atoms with Crippen LogP contribution in [0.1, 0.15) is 34.7 Å². The first-order valence-corrected chi connectivity index (χ1v) is 11.4. The summed E-state index contributed by atoms with van der Waals surface area (Å²) in [5.41, 5.74) is 12.1. The summed E-state index contributed by atoms with van der Waals surface area (Å²) < 4.78 is 0. The Kier molecular flexibility index (Phi) is 5.52. The Hall–Kier alpha value is -3.07. The number of nitrogens with zero attached hydrogens (tertiary/aromatic N) is 3. The molecule has 3 aliphatic heterocycles. The first-order chi connectivity index (χ1) is 15.8. The fourth-order valence-corrected chi connectivity index (χ4v) is 4.76. The molecule has 3 N–H and O–H groups in total. The van der Waals surface area contributed by atoms with Crippen molar-refractivity contribution in [1.29, 1.82) is 0 Å². The van der Waals surface area contributed by atoms with Gasteiger partial charge in [-0.3, -0.25) is 9.69 Å². The van der Waals surface area contributed by atoms with E-state index in [4.69, 9.17) is 11.6 Å². The third kappa shape index (κ3) is 4.06. The molecule has 33 heavy (non-hydrogen) atoms. The third-order valence-electron chi connectivity index (χ3n) is 6.64. The Balaban J connectivity index is 1.27. The van der Waals surface area contributed by atoms with Crippen molar-refractivity contribution in [1.82, 2.24) is 25.8 Å². The molecule has 2 saturated heterocycles. The summed E-state index contributed by atoms with van der Waals surface area (Å²) in [7, 11) is 0. The number of fused-ring (bicyclic) bond motifs is 3. The zero-order valence-corrected chi connectivity index (χ0v) is 19.6. The maximum Gasteiger partial charge on any atom is 0.340 e.